The van der Waals surface area contributed by atoms with Gasteiger partial charge in [0.25, 0.3) is 0 Å². The number of phenolic OH excluding ortho intramolecular Hbond substituents is 2. The van der Waals surface area contributed by atoms with Gasteiger partial charge in [0.2, 0.25) is 11.5 Å². The fourth-order valence-electron chi connectivity index (χ4n) is 6.93. The highest BCUT2D eigenvalue weighted by Crippen LogP contribution is 2.54. The summed E-state index contributed by atoms with van der Waals surface area (Å²) in [5.74, 6) is -1.95. The third kappa shape index (κ3) is 7.13. The van der Waals surface area contributed by atoms with Crippen LogP contribution in [0.15, 0.2) is 18.2 Å². The van der Waals surface area contributed by atoms with Crippen LogP contribution in [0.2, 0.25) is 0 Å². The van der Waals surface area contributed by atoms with Gasteiger partial charge in [-0.2, -0.15) is 0 Å². The molecule has 2 heterocycles. The SMILES string of the molecule is COc1cc(C2c3c(cc(OC)c(O)c3OC)CC(CO)C2COC2OC(COC3OCC(O)C(O)C3O)C(O)C(O)C2O)cc(OC)c1O. The van der Waals surface area contributed by atoms with Crippen LogP contribution in [0.3, 0.4) is 0 Å². The molecule has 50 heavy (non-hydrogen) atoms. The lowest BCUT2D eigenvalue weighted by atomic mass is 9.66. The Labute approximate surface area is 287 Å². The monoisotopic (exact) mass is 714 g/mol. The smallest absolute Gasteiger partial charge is 0.201 e. The maximum Gasteiger partial charge on any atom is 0.201 e. The number of hydrogen-bond donors (Lipinski definition) is 9. The van der Waals surface area contributed by atoms with E-state index in [0.29, 0.717) is 16.7 Å². The first kappa shape index (κ1) is 38.0. The average molecular weight is 715 g/mol. The van der Waals surface area contributed by atoms with E-state index in [9.17, 15) is 46.0 Å². The molecular weight excluding hydrogens is 668 g/mol. The predicted octanol–water partition coefficient (Wildman–Crippen LogP) is -1.68. The fraction of sp³-hybridized carbons (Fsp3) is 0.636. The molecule has 2 fully saturated rings. The summed E-state index contributed by atoms with van der Waals surface area (Å²) in [5.41, 5.74) is 1.75. The maximum atomic E-state index is 11.1. The summed E-state index contributed by atoms with van der Waals surface area (Å²) < 4.78 is 44.6. The Morgan fingerprint density at radius 3 is 1.90 bits per heavy atom. The second kappa shape index (κ2) is 16.0. The molecule has 0 aromatic heterocycles. The van der Waals surface area contributed by atoms with E-state index < -0.39 is 79.7 Å². The van der Waals surface area contributed by atoms with Crippen molar-refractivity contribution in [1.29, 1.82) is 0 Å². The van der Waals surface area contributed by atoms with E-state index >= 15 is 0 Å². The average Bonchev–Trinajstić information content (AvgIpc) is 3.12. The molecule has 0 bridgehead atoms. The van der Waals surface area contributed by atoms with Crippen LogP contribution in [0.5, 0.6) is 34.5 Å². The molecular formula is C33H46O17. The van der Waals surface area contributed by atoms with Gasteiger partial charge in [-0.25, -0.2) is 0 Å². The molecule has 2 aromatic carbocycles. The van der Waals surface area contributed by atoms with Gasteiger partial charge in [-0.05, 0) is 47.6 Å². The number of benzene rings is 2. The molecule has 0 radical (unpaired) electrons. The summed E-state index contributed by atoms with van der Waals surface area (Å²) in [4.78, 5) is 0. The summed E-state index contributed by atoms with van der Waals surface area (Å²) in [6.45, 7) is -1.34. The molecule has 12 unspecified atom stereocenters. The second-order valence-electron chi connectivity index (χ2n) is 12.5. The van der Waals surface area contributed by atoms with Gasteiger partial charge in [-0.15, -0.1) is 0 Å². The Kier molecular flexibility index (Phi) is 12.2. The highest BCUT2D eigenvalue weighted by atomic mass is 16.7. The number of methoxy groups -OCH3 is 4. The molecule has 12 atom stereocenters. The molecule has 17 heteroatoms. The predicted molar refractivity (Wildman–Crippen MR) is 168 cm³/mol. The van der Waals surface area contributed by atoms with Crippen LogP contribution in [0.25, 0.3) is 0 Å². The zero-order valence-electron chi connectivity index (χ0n) is 28.0. The summed E-state index contributed by atoms with van der Waals surface area (Å²) in [6.07, 6.45) is -13.5. The standard InChI is InChI=1S/C33H46O17/c1-43-18-7-14(8-19(44-2)25(18)37)22-16(15(9-34)5-13-6-20(45-3)27(39)31(46-4)23(13)22)10-47-33-30(42)28(40)26(38)21(50-33)12-49-32-29(41)24(36)17(35)11-48-32/h6-8,15-17,21-22,24,26,28-30,32-42H,5,9-12H2,1-4H3. The lowest BCUT2D eigenvalue weighted by Gasteiger charge is -2.44. The molecule has 0 saturated carbocycles. The van der Waals surface area contributed by atoms with Crippen LogP contribution in [0.4, 0.5) is 0 Å². The lowest BCUT2D eigenvalue weighted by molar-refractivity contribution is -0.322. The zero-order valence-corrected chi connectivity index (χ0v) is 28.0. The summed E-state index contributed by atoms with van der Waals surface area (Å²) >= 11 is 0. The first-order valence-corrected chi connectivity index (χ1v) is 16.0. The Hall–Kier alpha value is -3.20. The molecule has 0 amide bonds. The van der Waals surface area contributed by atoms with Crippen molar-refractivity contribution >= 4 is 0 Å². The van der Waals surface area contributed by atoms with E-state index in [2.05, 4.69) is 0 Å². The van der Waals surface area contributed by atoms with Crippen LogP contribution in [-0.2, 0) is 25.4 Å². The lowest BCUT2D eigenvalue weighted by Crippen LogP contribution is -2.60. The topological polar surface area (TPSA) is 256 Å². The molecule has 2 saturated heterocycles. The molecule has 3 aliphatic rings. The number of aliphatic hydroxyl groups excluding tert-OH is 7. The van der Waals surface area contributed by atoms with Gasteiger partial charge in [-0.1, -0.05) is 0 Å². The molecule has 280 valence electrons. The summed E-state index contributed by atoms with van der Waals surface area (Å²) in [6, 6.07) is 4.81. The highest BCUT2D eigenvalue weighted by molar-refractivity contribution is 5.64. The van der Waals surface area contributed by atoms with Gasteiger partial charge in [-0.3, -0.25) is 0 Å². The molecule has 2 aliphatic heterocycles. The third-order valence-electron chi connectivity index (χ3n) is 9.69. The van der Waals surface area contributed by atoms with Gasteiger partial charge >= 0.3 is 0 Å². The second-order valence-corrected chi connectivity index (χ2v) is 12.5. The highest BCUT2D eigenvalue weighted by Gasteiger charge is 2.48. The molecule has 9 N–H and O–H groups in total. The minimum atomic E-state index is -1.75. The number of phenols is 2. The van der Waals surface area contributed by atoms with E-state index in [1.54, 1.807) is 18.2 Å². The number of rotatable bonds is 12. The largest absolute Gasteiger partial charge is 0.502 e. The Morgan fingerprint density at radius 1 is 0.700 bits per heavy atom. The number of fused-ring (bicyclic) bond motifs is 1. The van der Waals surface area contributed by atoms with Crippen LogP contribution in [-0.4, -0.2) is 156 Å². The van der Waals surface area contributed by atoms with E-state index in [-0.39, 0.29) is 60.7 Å². The number of aliphatic hydroxyl groups is 7. The van der Waals surface area contributed by atoms with Crippen LogP contribution >= 0.6 is 0 Å². The van der Waals surface area contributed by atoms with Gasteiger partial charge in [0.05, 0.1) is 48.3 Å². The minimum Gasteiger partial charge on any atom is -0.502 e. The summed E-state index contributed by atoms with van der Waals surface area (Å²) in [7, 11) is 5.52. The van der Waals surface area contributed by atoms with E-state index in [1.807, 2.05) is 0 Å². The van der Waals surface area contributed by atoms with Crippen molar-refractivity contribution in [2.45, 2.75) is 67.6 Å². The third-order valence-corrected chi connectivity index (χ3v) is 9.69. The quantitative estimate of drug-likeness (QED) is 0.119. The fourth-order valence-corrected chi connectivity index (χ4v) is 6.93. The number of ether oxygens (including phenoxy) is 8. The Morgan fingerprint density at radius 2 is 1.30 bits per heavy atom. The van der Waals surface area contributed by atoms with Crippen molar-refractivity contribution in [1.82, 2.24) is 0 Å². The van der Waals surface area contributed by atoms with Crippen LogP contribution < -0.4 is 18.9 Å². The normalized spacial score (nSPS) is 34.1. The Balaban J connectivity index is 1.47. The number of aromatic hydroxyl groups is 2. The molecule has 2 aromatic rings. The zero-order chi connectivity index (χ0) is 36.4. The first-order valence-electron chi connectivity index (χ1n) is 16.0. The van der Waals surface area contributed by atoms with Crippen molar-refractivity contribution in [3.05, 3.63) is 34.9 Å². The van der Waals surface area contributed by atoms with E-state index in [1.165, 1.54) is 28.4 Å². The molecule has 5 rings (SSSR count). The summed E-state index contributed by atoms with van der Waals surface area (Å²) in [5, 5.41) is 94.6. The first-order chi connectivity index (χ1) is 23.9. The van der Waals surface area contributed by atoms with Crippen LogP contribution in [0, 0.1) is 11.8 Å². The van der Waals surface area contributed by atoms with E-state index in [0.717, 1.165) is 0 Å². The van der Waals surface area contributed by atoms with E-state index in [4.69, 9.17) is 37.9 Å². The molecule has 0 spiro atoms. The van der Waals surface area contributed by atoms with Crippen molar-refractivity contribution < 1.29 is 83.9 Å². The molecule has 1 aliphatic carbocycles. The van der Waals surface area contributed by atoms with Gasteiger partial charge < -0.3 is 83.9 Å². The van der Waals surface area contributed by atoms with Crippen molar-refractivity contribution in [3.8, 4) is 34.5 Å². The number of hydrogen-bond acceptors (Lipinski definition) is 17. The van der Waals surface area contributed by atoms with Crippen molar-refractivity contribution in [2.75, 3.05) is 54.9 Å². The minimum absolute atomic E-state index is 0.0865. The maximum absolute atomic E-state index is 11.1. The van der Waals surface area contributed by atoms with Crippen molar-refractivity contribution in [3.63, 3.8) is 0 Å². The van der Waals surface area contributed by atoms with Gasteiger partial charge in [0.1, 0.15) is 42.7 Å². The van der Waals surface area contributed by atoms with Gasteiger partial charge in [0.15, 0.2) is 35.6 Å². The van der Waals surface area contributed by atoms with Gasteiger partial charge in [0, 0.05) is 18.1 Å². The molecule has 17 nitrogen and oxygen atoms in total. The van der Waals surface area contributed by atoms with Crippen LogP contribution in [0.1, 0.15) is 22.6 Å². The van der Waals surface area contributed by atoms with Crippen molar-refractivity contribution in [2.24, 2.45) is 11.8 Å². The Bertz CT molecular complexity index is 1430.